The van der Waals surface area contributed by atoms with Crippen LogP contribution in [0.1, 0.15) is 62.4 Å². The Kier molecular flexibility index (Phi) is 7.84. The molecule has 4 rings (SSSR count). The third kappa shape index (κ3) is 5.10. The first-order valence-electron chi connectivity index (χ1n) is 12.2. The van der Waals surface area contributed by atoms with Crippen molar-refractivity contribution in [1.82, 2.24) is 19.3 Å². The number of nitrogens with one attached hydrogen (secondary N) is 1. The predicted molar refractivity (Wildman–Crippen MR) is 133 cm³/mol. The van der Waals surface area contributed by atoms with Gasteiger partial charge in [-0.3, -0.25) is 9.36 Å². The average molecular weight is 486 g/mol. The van der Waals surface area contributed by atoms with Crippen LogP contribution < -0.4 is 10.2 Å². The van der Waals surface area contributed by atoms with Crippen molar-refractivity contribution in [1.29, 1.82) is 5.26 Å². The van der Waals surface area contributed by atoms with Crippen LogP contribution in [0, 0.1) is 31.1 Å². The van der Waals surface area contributed by atoms with Crippen LogP contribution in [-0.4, -0.2) is 57.3 Å². The van der Waals surface area contributed by atoms with E-state index in [1.807, 2.05) is 13.8 Å². The number of nitrogens with zero attached hydrogens (tertiary/aromatic N) is 6. The average Bonchev–Trinajstić information content (AvgIpc) is 3.53. The lowest BCUT2D eigenvalue weighted by atomic mass is 10.2. The number of aromatic nitrogens is 4. The van der Waals surface area contributed by atoms with E-state index in [2.05, 4.69) is 49.5 Å². The molecule has 10 heteroatoms. The predicted octanol–water partition coefficient (Wildman–Crippen LogP) is 3.91. The van der Waals surface area contributed by atoms with Crippen LogP contribution in [0.3, 0.4) is 0 Å². The highest BCUT2D eigenvalue weighted by molar-refractivity contribution is 7.99. The van der Waals surface area contributed by atoms with E-state index in [9.17, 15) is 10.1 Å². The van der Waals surface area contributed by atoms with Gasteiger partial charge in [0.25, 0.3) is 0 Å². The first-order valence-corrected chi connectivity index (χ1v) is 13.2. The zero-order chi connectivity index (χ0) is 24.2. The van der Waals surface area contributed by atoms with Gasteiger partial charge in [0.15, 0.2) is 5.16 Å². The molecule has 1 aliphatic heterocycles. The van der Waals surface area contributed by atoms with Crippen molar-refractivity contribution in [3.8, 4) is 6.07 Å². The molecule has 2 fully saturated rings. The largest absolute Gasteiger partial charge is 0.378 e. The van der Waals surface area contributed by atoms with Crippen molar-refractivity contribution in [2.45, 2.75) is 71.1 Å². The molecule has 0 atom stereocenters. The molecule has 184 valence electrons. The van der Waals surface area contributed by atoms with E-state index in [0.29, 0.717) is 36.6 Å². The van der Waals surface area contributed by atoms with Crippen LogP contribution in [-0.2, 0) is 16.1 Å². The molecule has 0 bridgehead atoms. The van der Waals surface area contributed by atoms with Gasteiger partial charge in [0.1, 0.15) is 11.9 Å². The van der Waals surface area contributed by atoms with Gasteiger partial charge in [0.05, 0.1) is 24.5 Å². The zero-order valence-electron chi connectivity index (χ0n) is 20.6. The van der Waals surface area contributed by atoms with E-state index in [0.717, 1.165) is 54.8 Å². The molecule has 0 unspecified atom stereocenters. The van der Waals surface area contributed by atoms with Gasteiger partial charge in [-0.2, -0.15) is 5.26 Å². The summed E-state index contributed by atoms with van der Waals surface area (Å²) < 4.78 is 9.77. The van der Waals surface area contributed by atoms with Gasteiger partial charge >= 0.3 is 0 Å². The van der Waals surface area contributed by atoms with Crippen molar-refractivity contribution in [3.05, 3.63) is 16.8 Å². The number of rotatable bonds is 8. The Bertz CT molecular complexity index is 1060. The lowest BCUT2D eigenvalue weighted by Gasteiger charge is -2.28. The Morgan fingerprint density at radius 3 is 2.59 bits per heavy atom. The fourth-order valence-corrected chi connectivity index (χ4v) is 5.66. The third-order valence-corrected chi connectivity index (χ3v) is 7.65. The van der Waals surface area contributed by atoms with Crippen LogP contribution in [0.4, 0.5) is 11.8 Å². The Hall–Kier alpha value is -2.51. The molecule has 0 aromatic carbocycles. The summed E-state index contributed by atoms with van der Waals surface area (Å²) in [5, 5.41) is 22.5. The molecular weight excluding hydrogens is 450 g/mol. The number of carbonyl (C=O) groups excluding carboxylic acids is 1. The molecule has 2 aliphatic rings. The van der Waals surface area contributed by atoms with Gasteiger partial charge in [-0.25, -0.2) is 0 Å². The summed E-state index contributed by atoms with van der Waals surface area (Å²) in [5.41, 5.74) is 2.59. The molecule has 1 amide bonds. The molecule has 1 aliphatic carbocycles. The molecule has 1 saturated heterocycles. The fraction of sp³-hybridized carbons (Fsp3) is 0.667. The maximum Gasteiger partial charge on any atom is 0.235 e. The number of thioether (sulfide) groups is 1. The number of carbonyl (C=O) groups is 1. The van der Waals surface area contributed by atoms with Crippen LogP contribution in [0.2, 0.25) is 0 Å². The lowest BCUT2D eigenvalue weighted by Crippen LogP contribution is -2.38. The zero-order valence-corrected chi connectivity index (χ0v) is 21.5. The molecule has 2 aromatic heterocycles. The van der Waals surface area contributed by atoms with Gasteiger partial charge in [-0.05, 0) is 38.2 Å². The van der Waals surface area contributed by atoms with Crippen LogP contribution >= 0.6 is 11.8 Å². The van der Waals surface area contributed by atoms with Crippen molar-refractivity contribution in [3.63, 3.8) is 0 Å². The molecular formula is C24H35N7O2S. The number of hydrogen-bond acceptors (Lipinski definition) is 7. The highest BCUT2D eigenvalue weighted by Crippen LogP contribution is 2.37. The summed E-state index contributed by atoms with van der Waals surface area (Å²) in [5.74, 6) is 1.98. The molecule has 2 aromatic rings. The van der Waals surface area contributed by atoms with Crippen LogP contribution in [0.25, 0.3) is 0 Å². The van der Waals surface area contributed by atoms with Crippen molar-refractivity contribution >= 4 is 29.4 Å². The lowest BCUT2D eigenvalue weighted by molar-refractivity contribution is -0.113. The number of ether oxygens (including phenoxy) is 1. The van der Waals surface area contributed by atoms with Crippen LogP contribution in [0.15, 0.2) is 5.16 Å². The first-order chi connectivity index (χ1) is 16.4. The molecule has 0 spiro atoms. The van der Waals surface area contributed by atoms with E-state index in [1.165, 1.54) is 24.6 Å². The molecule has 9 nitrogen and oxygen atoms in total. The first kappa shape index (κ1) is 24.6. The van der Waals surface area contributed by atoms with E-state index < -0.39 is 0 Å². The smallest absolute Gasteiger partial charge is 0.235 e. The van der Waals surface area contributed by atoms with Gasteiger partial charge in [-0.1, -0.05) is 38.5 Å². The number of nitriles is 1. The molecule has 34 heavy (non-hydrogen) atoms. The Balaban J connectivity index is 1.50. The number of anilines is 2. The normalized spacial score (nSPS) is 16.9. The summed E-state index contributed by atoms with van der Waals surface area (Å²) in [6, 6.07) is 2.66. The summed E-state index contributed by atoms with van der Waals surface area (Å²) in [7, 11) is 0. The number of hydrogen-bond donors (Lipinski definition) is 1. The second-order valence-electron chi connectivity index (χ2n) is 9.58. The molecule has 1 N–H and O–H groups in total. The SMILES string of the molecule is Cc1c(C#N)c(NC(=O)CSc2nnc(N3CCOCC3)n2CC(C)C)n(C2CCCC2)c1C. The third-order valence-electron chi connectivity index (χ3n) is 6.69. The number of morpholine rings is 1. The van der Waals surface area contributed by atoms with Gasteiger partial charge < -0.3 is 19.5 Å². The minimum atomic E-state index is -0.134. The van der Waals surface area contributed by atoms with Crippen molar-refractivity contribution in [2.75, 3.05) is 42.3 Å². The topological polar surface area (TPSA) is 101 Å². The van der Waals surface area contributed by atoms with Crippen molar-refractivity contribution < 1.29 is 9.53 Å². The minimum Gasteiger partial charge on any atom is -0.378 e. The number of amides is 1. The monoisotopic (exact) mass is 485 g/mol. The molecule has 0 radical (unpaired) electrons. The molecule has 1 saturated carbocycles. The second-order valence-corrected chi connectivity index (χ2v) is 10.5. The second kappa shape index (κ2) is 10.8. The summed E-state index contributed by atoms with van der Waals surface area (Å²) in [4.78, 5) is 15.2. The summed E-state index contributed by atoms with van der Waals surface area (Å²) >= 11 is 1.39. The van der Waals surface area contributed by atoms with E-state index in [1.54, 1.807) is 0 Å². The Morgan fingerprint density at radius 1 is 1.24 bits per heavy atom. The maximum atomic E-state index is 13.0. The van der Waals surface area contributed by atoms with Crippen molar-refractivity contribution in [2.24, 2.45) is 5.92 Å². The highest BCUT2D eigenvalue weighted by atomic mass is 32.2. The van der Waals surface area contributed by atoms with E-state index in [4.69, 9.17) is 4.74 Å². The highest BCUT2D eigenvalue weighted by Gasteiger charge is 2.27. The van der Waals surface area contributed by atoms with E-state index in [-0.39, 0.29) is 11.7 Å². The van der Waals surface area contributed by atoms with E-state index >= 15 is 0 Å². The quantitative estimate of drug-likeness (QED) is 0.566. The Morgan fingerprint density at radius 2 is 1.94 bits per heavy atom. The van der Waals surface area contributed by atoms with Gasteiger partial charge in [-0.15, -0.1) is 10.2 Å². The fourth-order valence-electron chi connectivity index (χ4n) is 4.91. The summed E-state index contributed by atoms with van der Waals surface area (Å²) in [6.07, 6.45) is 4.53. The minimum absolute atomic E-state index is 0.134. The van der Waals surface area contributed by atoms with Gasteiger partial charge in [0, 0.05) is 31.4 Å². The van der Waals surface area contributed by atoms with Crippen LogP contribution in [0.5, 0.6) is 0 Å². The maximum absolute atomic E-state index is 13.0. The Labute approximate surface area is 205 Å². The van der Waals surface area contributed by atoms with Gasteiger partial charge in [0.2, 0.25) is 11.9 Å². The summed E-state index contributed by atoms with van der Waals surface area (Å²) in [6.45, 7) is 12.0. The standard InChI is InChI=1S/C24H35N7O2S/c1-16(2)14-30-23(29-9-11-33-12-10-29)27-28-24(30)34-15-21(32)26-22-20(13-25)17(3)18(4)31(22)19-7-5-6-8-19/h16,19H,5-12,14-15H2,1-4H3,(H,26,32). The molecule has 3 heterocycles.